The van der Waals surface area contributed by atoms with Crippen LogP contribution in [0.5, 0.6) is 0 Å². The number of carboxylic acid groups (broad SMARTS) is 1. The maximum Gasteiger partial charge on any atom is 0.405 e. The molecule has 2 N–H and O–H groups in total. The molecule has 2 aromatic carbocycles. The monoisotopic (exact) mass is 323 g/mol. The highest BCUT2D eigenvalue weighted by molar-refractivity contribution is 5.67. The van der Waals surface area contributed by atoms with Crippen molar-refractivity contribution >= 4 is 6.09 Å². The lowest BCUT2D eigenvalue weighted by atomic mass is 9.85. The number of hydrogen-bond acceptors (Lipinski definition) is 1. The Labute approximate surface area is 143 Å². The highest BCUT2D eigenvalue weighted by atomic mass is 16.4. The van der Waals surface area contributed by atoms with E-state index in [-0.39, 0.29) is 6.04 Å². The fourth-order valence-electron chi connectivity index (χ4n) is 3.60. The summed E-state index contributed by atoms with van der Waals surface area (Å²) in [5, 5.41) is 11.6. The molecule has 1 amide bonds. The summed E-state index contributed by atoms with van der Waals surface area (Å²) >= 11 is 0. The molecule has 3 heteroatoms. The van der Waals surface area contributed by atoms with Crippen molar-refractivity contribution in [2.45, 2.75) is 45.6 Å². The van der Waals surface area contributed by atoms with Gasteiger partial charge in [0.1, 0.15) is 0 Å². The van der Waals surface area contributed by atoms with E-state index >= 15 is 0 Å². The van der Waals surface area contributed by atoms with Gasteiger partial charge >= 0.3 is 6.09 Å². The van der Waals surface area contributed by atoms with E-state index in [1.165, 1.54) is 22.3 Å². The lowest BCUT2D eigenvalue weighted by Gasteiger charge is -2.26. The molecular weight excluding hydrogens is 298 g/mol. The number of amides is 1. The fraction of sp³-hybridized carbons (Fsp3) is 0.381. The molecule has 0 aliphatic heterocycles. The molecule has 0 fully saturated rings. The van der Waals surface area contributed by atoms with Gasteiger partial charge in [-0.25, -0.2) is 4.79 Å². The summed E-state index contributed by atoms with van der Waals surface area (Å²) in [6.07, 6.45) is 3.08. The Morgan fingerprint density at radius 1 is 1.17 bits per heavy atom. The van der Waals surface area contributed by atoms with Crippen LogP contribution in [0.4, 0.5) is 4.79 Å². The summed E-state index contributed by atoms with van der Waals surface area (Å²) in [7, 11) is 0. The van der Waals surface area contributed by atoms with E-state index in [1.54, 1.807) is 0 Å². The van der Waals surface area contributed by atoms with Gasteiger partial charge in [-0.15, -0.1) is 0 Å². The van der Waals surface area contributed by atoms with Crippen molar-refractivity contribution in [3.8, 4) is 11.1 Å². The lowest BCUT2D eigenvalue weighted by molar-refractivity contribution is 0.188. The Kier molecular flexibility index (Phi) is 4.89. The zero-order valence-electron chi connectivity index (χ0n) is 14.4. The number of hydrogen-bond donors (Lipinski definition) is 2. The summed E-state index contributed by atoms with van der Waals surface area (Å²) in [5.74, 6) is 0.665. The van der Waals surface area contributed by atoms with Gasteiger partial charge in [0.2, 0.25) is 0 Å². The molecule has 0 bridgehead atoms. The predicted molar refractivity (Wildman–Crippen MR) is 97.3 cm³/mol. The van der Waals surface area contributed by atoms with Crippen LogP contribution in [0.2, 0.25) is 0 Å². The zero-order chi connectivity index (χ0) is 17.1. The maximum absolute atomic E-state index is 11.0. The van der Waals surface area contributed by atoms with Crippen LogP contribution >= 0.6 is 0 Å². The standard InChI is InChI=1S/C21H25NO2/c1-14(2)12-15-6-8-16(9-7-15)17-10-11-19-18(13-17)4-3-5-20(19)22-21(23)24/h6-11,13-14,20,22H,3-5,12H2,1-2H3,(H,23,24). The normalized spacial score (nSPS) is 16.7. The molecule has 1 unspecified atom stereocenters. The van der Waals surface area contributed by atoms with Crippen molar-refractivity contribution in [1.82, 2.24) is 5.32 Å². The van der Waals surface area contributed by atoms with E-state index in [9.17, 15) is 4.79 Å². The number of carbonyl (C=O) groups is 1. The van der Waals surface area contributed by atoms with Crippen molar-refractivity contribution < 1.29 is 9.90 Å². The number of fused-ring (bicyclic) bond motifs is 1. The first kappa shape index (κ1) is 16.6. The Hall–Kier alpha value is -2.29. The molecule has 24 heavy (non-hydrogen) atoms. The van der Waals surface area contributed by atoms with Crippen molar-refractivity contribution in [2.75, 3.05) is 0 Å². The predicted octanol–water partition coefficient (Wildman–Crippen LogP) is 5.20. The van der Waals surface area contributed by atoms with Gasteiger partial charge in [-0.3, -0.25) is 0 Å². The van der Waals surface area contributed by atoms with Crippen LogP contribution in [0.1, 0.15) is 49.4 Å². The number of nitrogens with one attached hydrogen (secondary N) is 1. The molecule has 1 aliphatic carbocycles. The quantitative estimate of drug-likeness (QED) is 0.812. The Morgan fingerprint density at radius 3 is 2.54 bits per heavy atom. The van der Waals surface area contributed by atoms with Crippen LogP contribution in [0.3, 0.4) is 0 Å². The Morgan fingerprint density at radius 2 is 1.88 bits per heavy atom. The number of aryl methyl sites for hydroxylation is 1. The second-order valence-corrected chi connectivity index (χ2v) is 7.10. The van der Waals surface area contributed by atoms with Crippen LogP contribution in [0, 0.1) is 5.92 Å². The first-order valence-electron chi connectivity index (χ1n) is 8.74. The zero-order valence-corrected chi connectivity index (χ0v) is 14.4. The second-order valence-electron chi connectivity index (χ2n) is 7.10. The van der Waals surface area contributed by atoms with Gasteiger partial charge in [-0.1, -0.05) is 56.3 Å². The van der Waals surface area contributed by atoms with Crippen molar-refractivity contribution in [3.05, 3.63) is 59.2 Å². The summed E-state index contributed by atoms with van der Waals surface area (Å²) < 4.78 is 0. The molecule has 0 heterocycles. The van der Waals surface area contributed by atoms with Crippen molar-refractivity contribution in [1.29, 1.82) is 0 Å². The lowest BCUT2D eigenvalue weighted by Crippen LogP contribution is -2.29. The SMILES string of the molecule is CC(C)Cc1ccc(-c2ccc3c(c2)CCCC3NC(=O)O)cc1. The van der Waals surface area contributed by atoms with Crippen LogP contribution in [-0.4, -0.2) is 11.2 Å². The second kappa shape index (κ2) is 7.08. The van der Waals surface area contributed by atoms with Gasteiger partial charge in [0, 0.05) is 0 Å². The largest absolute Gasteiger partial charge is 0.465 e. The molecule has 3 rings (SSSR count). The molecular formula is C21H25NO2. The minimum absolute atomic E-state index is 0.0753. The Bertz CT molecular complexity index is 719. The average Bonchev–Trinajstić information content (AvgIpc) is 2.54. The maximum atomic E-state index is 11.0. The first-order chi connectivity index (χ1) is 11.5. The van der Waals surface area contributed by atoms with Gasteiger partial charge in [0.15, 0.2) is 0 Å². The van der Waals surface area contributed by atoms with Crippen molar-refractivity contribution in [3.63, 3.8) is 0 Å². The number of benzene rings is 2. The van der Waals surface area contributed by atoms with Gasteiger partial charge < -0.3 is 10.4 Å². The van der Waals surface area contributed by atoms with Crippen LogP contribution in [0.25, 0.3) is 11.1 Å². The van der Waals surface area contributed by atoms with Gasteiger partial charge in [-0.2, -0.15) is 0 Å². The molecule has 0 saturated carbocycles. The van der Waals surface area contributed by atoms with E-state index in [1.807, 2.05) is 0 Å². The molecule has 0 aromatic heterocycles. The third kappa shape index (κ3) is 3.78. The van der Waals surface area contributed by atoms with Crippen LogP contribution in [-0.2, 0) is 12.8 Å². The average molecular weight is 323 g/mol. The number of rotatable bonds is 4. The molecule has 0 radical (unpaired) electrons. The first-order valence-corrected chi connectivity index (χ1v) is 8.74. The smallest absolute Gasteiger partial charge is 0.405 e. The molecule has 126 valence electrons. The van der Waals surface area contributed by atoms with Gasteiger partial charge in [-0.05, 0) is 59.4 Å². The summed E-state index contributed by atoms with van der Waals surface area (Å²) in [6.45, 7) is 4.47. The topological polar surface area (TPSA) is 49.3 Å². The van der Waals surface area contributed by atoms with Crippen LogP contribution in [0.15, 0.2) is 42.5 Å². The van der Waals surface area contributed by atoms with Gasteiger partial charge in [0.05, 0.1) is 6.04 Å². The molecule has 2 aromatic rings. The third-order valence-corrected chi connectivity index (χ3v) is 4.69. The van der Waals surface area contributed by atoms with Gasteiger partial charge in [0.25, 0.3) is 0 Å². The minimum atomic E-state index is -0.947. The fourth-order valence-corrected chi connectivity index (χ4v) is 3.60. The van der Waals surface area contributed by atoms with E-state index in [4.69, 9.17) is 5.11 Å². The van der Waals surface area contributed by atoms with Crippen molar-refractivity contribution in [2.24, 2.45) is 5.92 Å². The van der Waals surface area contributed by atoms with Crippen LogP contribution < -0.4 is 5.32 Å². The molecule has 3 nitrogen and oxygen atoms in total. The Balaban J connectivity index is 1.84. The summed E-state index contributed by atoms with van der Waals surface area (Å²) in [4.78, 5) is 11.0. The summed E-state index contributed by atoms with van der Waals surface area (Å²) in [5.41, 5.74) is 6.20. The van der Waals surface area contributed by atoms with E-state index in [0.717, 1.165) is 31.2 Å². The van der Waals surface area contributed by atoms with E-state index in [0.29, 0.717) is 5.92 Å². The third-order valence-electron chi connectivity index (χ3n) is 4.69. The molecule has 1 aliphatic rings. The summed E-state index contributed by atoms with van der Waals surface area (Å²) in [6, 6.07) is 15.2. The highest BCUT2D eigenvalue weighted by Crippen LogP contribution is 2.33. The molecule has 0 spiro atoms. The van der Waals surface area contributed by atoms with E-state index < -0.39 is 6.09 Å². The molecule has 1 atom stereocenters. The van der Waals surface area contributed by atoms with E-state index in [2.05, 4.69) is 61.6 Å². The minimum Gasteiger partial charge on any atom is -0.465 e. The highest BCUT2D eigenvalue weighted by Gasteiger charge is 2.21. The molecule has 0 saturated heterocycles.